The number of nitrogens with one attached hydrogen (secondary N) is 2. The van der Waals surface area contributed by atoms with Gasteiger partial charge in [-0.2, -0.15) is 0 Å². The van der Waals surface area contributed by atoms with Crippen LogP contribution < -0.4 is 26.4 Å². The Morgan fingerprint density at radius 3 is 2.32 bits per heavy atom. The molecule has 2 fully saturated rings. The number of hydrogen-bond donors (Lipinski definition) is 2. The first kappa shape index (κ1) is 21.6. The van der Waals surface area contributed by atoms with Crippen molar-refractivity contribution in [2.75, 3.05) is 23.3 Å². The largest absolute Gasteiger partial charge is 0.376 e. The van der Waals surface area contributed by atoms with Gasteiger partial charge < -0.3 is 15.5 Å². The number of anilines is 2. The molecule has 6 nitrogen and oxygen atoms in total. The van der Waals surface area contributed by atoms with Crippen LogP contribution in [0.2, 0.25) is 0 Å². The van der Waals surface area contributed by atoms with E-state index < -0.39 is 5.43 Å². The lowest BCUT2D eigenvalue weighted by atomic mass is 9.86. The van der Waals surface area contributed by atoms with E-state index in [2.05, 4.69) is 24.5 Å². The average Bonchev–Trinajstić information content (AvgIpc) is 2.79. The lowest BCUT2D eigenvalue weighted by Gasteiger charge is -2.33. The summed E-state index contributed by atoms with van der Waals surface area (Å²) in [5, 5.41) is 6.34. The minimum Gasteiger partial charge on any atom is -0.376 e. The van der Waals surface area contributed by atoms with E-state index in [4.69, 9.17) is 0 Å². The number of carbonyl (C=O) groups excluding carboxylic acids is 1. The van der Waals surface area contributed by atoms with Crippen LogP contribution in [0, 0.1) is 11.8 Å². The number of carbonyl (C=O) groups is 1. The summed E-state index contributed by atoms with van der Waals surface area (Å²) in [6.45, 7) is 6.52. The number of benzene rings is 1. The number of piperidine rings is 1. The van der Waals surface area contributed by atoms with Gasteiger partial charge in [0.25, 0.3) is 16.8 Å². The minimum atomic E-state index is -0.425. The highest BCUT2D eigenvalue weighted by atomic mass is 16.2. The Balaban J connectivity index is 1.35. The van der Waals surface area contributed by atoms with Crippen molar-refractivity contribution in [2.24, 2.45) is 11.8 Å². The molecular weight excluding hydrogens is 390 g/mol. The van der Waals surface area contributed by atoms with Crippen molar-refractivity contribution in [1.29, 1.82) is 0 Å². The number of amides is 1. The molecule has 2 aromatic carbocycles. The van der Waals surface area contributed by atoms with Gasteiger partial charge in [-0.1, -0.05) is 38.8 Å². The molecular formula is C25H33N3O3. The second kappa shape index (κ2) is 9.25. The summed E-state index contributed by atoms with van der Waals surface area (Å²) in [5.74, 6) is 1.16. The molecule has 0 spiro atoms. The maximum atomic E-state index is 12.6. The quantitative estimate of drug-likeness (QED) is 0.696. The van der Waals surface area contributed by atoms with E-state index in [0.29, 0.717) is 35.3 Å². The molecule has 2 aromatic rings. The maximum Gasteiger partial charge on any atom is 0.253 e. The normalized spacial score (nSPS) is 22.5. The van der Waals surface area contributed by atoms with Crippen LogP contribution in [0.25, 0.3) is 0 Å². The monoisotopic (exact) mass is 423 g/mol. The van der Waals surface area contributed by atoms with E-state index in [0.717, 1.165) is 37.9 Å². The van der Waals surface area contributed by atoms with Crippen LogP contribution >= 0.6 is 0 Å². The molecule has 166 valence electrons. The molecule has 1 amide bonds. The van der Waals surface area contributed by atoms with Gasteiger partial charge >= 0.3 is 0 Å². The maximum absolute atomic E-state index is 12.6. The average molecular weight is 424 g/mol. The lowest BCUT2D eigenvalue weighted by Crippen LogP contribution is -2.45. The molecule has 2 N–H and O–H groups in total. The van der Waals surface area contributed by atoms with E-state index in [9.17, 15) is 14.4 Å². The molecule has 0 unspecified atom stereocenters. The second-order valence-electron chi connectivity index (χ2n) is 9.44. The third-order valence-corrected chi connectivity index (χ3v) is 7.10. The van der Waals surface area contributed by atoms with Crippen LogP contribution in [-0.4, -0.2) is 25.0 Å². The van der Waals surface area contributed by atoms with Gasteiger partial charge in [0.1, 0.15) is 11.4 Å². The van der Waals surface area contributed by atoms with Crippen molar-refractivity contribution in [1.82, 2.24) is 5.32 Å². The Kier molecular flexibility index (Phi) is 6.44. The first-order valence-electron chi connectivity index (χ1n) is 11.7. The Bertz CT molecular complexity index is 983. The van der Waals surface area contributed by atoms with Crippen molar-refractivity contribution in [3.8, 4) is 0 Å². The van der Waals surface area contributed by atoms with E-state index in [1.54, 1.807) is 0 Å². The van der Waals surface area contributed by atoms with E-state index in [1.807, 2.05) is 29.2 Å². The van der Waals surface area contributed by atoms with Gasteiger partial charge in [0, 0.05) is 31.2 Å². The standard InChI is InChI=1S/C25H33N3O3/c1-16-11-13-28(14-12-16)22-21(23(29)24(22)30)26-15-18-7-9-19(10-8-18)25(31)27-20-6-4-3-5-17(20)2/h7-10,16-17,20,26H,3-6,11-15H2,1-2H3,(H,27,31)/t17-,20-/m1/s1. The van der Waals surface area contributed by atoms with Crippen molar-refractivity contribution in [3.63, 3.8) is 0 Å². The fourth-order valence-corrected chi connectivity index (χ4v) is 4.82. The fourth-order valence-electron chi connectivity index (χ4n) is 4.82. The van der Waals surface area contributed by atoms with E-state index in [1.165, 1.54) is 19.3 Å². The van der Waals surface area contributed by atoms with E-state index in [-0.39, 0.29) is 17.4 Å². The zero-order chi connectivity index (χ0) is 22.0. The van der Waals surface area contributed by atoms with Crippen LogP contribution in [0.1, 0.15) is 68.3 Å². The predicted octanol–water partition coefficient (Wildman–Crippen LogP) is 3.44. The summed E-state index contributed by atoms with van der Waals surface area (Å²) < 4.78 is 0. The Morgan fingerprint density at radius 1 is 0.968 bits per heavy atom. The minimum absolute atomic E-state index is 0.0256. The molecule has 1 saturated carbocycles. The molecule has 2 atom stereocenters. The molecule has 1 aliphatic heterocycles. The van der Waals surface area contributed by atoms with Gasteiger partial charge in [-0.15, -0.1) is 0 Å². The third-order valence-electron chi connectivity index (χ3n) is 7.10. The topological polar surface area (TPSA) is 78.5 Å². The summed E-state index contributed by atoms with van der Waals surface area (Å²) >= 11 is 0. The van der Waals surface area contributed by atoms with Crippen LogP contribution in [0.4, 0.5) is 11.4 Å². The molecule has 1 saturated heterocycles. The van der Waals surface area contributed by atoms with Crippen LogP contribution in [-0.2, 0) is 6.54 Å². The lowest BCUT2D eigenvalue weighted by molar-refractivity contribution is 0.0910. The number of hydrogen-bond acceptors (Lipinski definition) is 5. The summed E-state index contributed by atoms with van der Waals surface area (Å²) in [7, 11) is 0. The summed E-state index contributed by atoms with van der Waals surface area (Å²) in [5.41, 5.74) is 1.81. The summed E-state index contributed by atoms with van der Waals surface area (Å²) in [6.07, 6.45) is 6.73. The molecule has 31 heavy (non-hydrogen) atoms. The SMILES string of the molecule is CC1CCN(c2c(NCc3ccc(C(=O)N[C@@H]4CCCC[C@H]4C)cc3)c(=O)c2=O)CC1. The predicted molar refractivity (Wildman–Crippen MR) is 125 cm³/mol. The zero-order valence-corrected chi connectivity index (χ0v) is 18.6. The Morgan fingerprint density at radius 2 is 1.65 bits per heavy atom. The van der Waals surface area contributed by atoms with Crippen molar-refractivity contribution in [3.05, 3.63) is 55.8 Å². The summed E-state index contributed by atoms with van der Waals surface area (Å²) in [6, 6.07) is 7.72. The molecule has 4 rings (SSSR count). The molecule has 0 aromatic heterocycles. The van der Waals surface area contributed by atoms with Gasteiger partial charge in [0.05, 0.1) is 0 Å². The molecule has 1 aliphatic carbocycles. The molecule has 0 radical (unpaired) electrons. The third kappa shape index (κ3) is 4.68. The number of nitrogens with zero attached hydrogens (tertiary/aromatic N) is 1. The van der Waals surface area contributed by atoms with Gasteiger partial charge in [-0.05, 0) is 55.2 Å². The number of rotatable bonds is 6. The van der Waals surface area contributed by atoms with Crippen molar-refractivity contribution in [2.45, 2.75) is 65.0 Å². The van der Waals surface area contributed by atoms with Crippen LogP contribution in [0.15, 0.2) is 33.9 Å². The van der Waals surface area contributed by atoms with Crippen molar-refractivity contribution >= 4 is 17.3 Å². The highest BCUT2D eigenvalue weighted by Crippen LogP contribution is 2.27. The first-order chi connectivity index (χ1) is 14.9. The fraction of sp³-hybridized carbons (Fsp3) is 0.560. The van der Waals surface area contributed by atoms with Gasteiger partial charge in [-0.3, -0.25) is 14.4 Å². The Labute approximate surface area is 183 Å². The highest BCUT2D eigenvalue weighted by Gasteiger charge is 2.28. The van der Waals surface area contributed by atoms with Gasteiger partial charge in [-0.25, -0.2) is 0 Å². The molecule has 2 aliphatic rings. The zero-order valence-electron chi connectivity index (χ0n) is 18.6. The highest BCUT2D eigenvalue weighted by molar-refractivity contribution is 5.94. The summed E-state index contributed by atoms with van der Waals surface area (Å²) in [4.78, 5) is 38.9. The Hall–Kier alpha value is -2.63. The molecule has 6 heteroatoms. The van der Waals surface area contributed by atoms with Crippen molar-refractivity contribution < 1.29 is 4.79 Å². The van der Waals surface area contributed by atoms with Gasteiger partial charge in [0.15, 0.2) is 0 Å². The molecule has 1 heterocycles. The smallest absolute Gasteiger partial charge is 0.253 e. The molecule has 0 bridgehead atoms. The van der Waals surface area contributed by atoms with Crippen LogP contribution in [0.3, 0.4) is 0 Å². The second-order valence-corrected chi connectivity index (χ2v) is 9.44. The van der Waals surface area contributed by atoms with E-state index >= 15 is 0 Å². The first-order valence-corrected chi connectivity index (χ1v) is 11.7. The van der Waals surface area contributed by atoms with Gasteiger partial charge in [0.2, 0.25) is 0 Å². The van der Waals surface area contributed by atoms with Crippen LogP contribution in [0.5, 0.6) is 0 Å².